The van der Waals surface area contributed by atoms with Crippen molar-refractivity contribution in [3.05, 3.63) is 68.9 Å². The van der Waals surface area contributed by atoms with Crippen molar-refractivity contribution in [1.82, 2.24) is 0 Å². The molecule has 0 radical (unpaired) electrons. The van der Waals surface area contributed by atoms with E-state index in [9.17, 15) is 4.39 Å². The number of fused-ring (bicyclic) bond motifs is 1. The van der Waals surface area contributed by atoms with Crippen LogP contribution in [0.25, 0.3) is 0 Å². The van der Waals surface area contributed by atoms with E-state index in [4.69, 9.17) is 11.6 Å². The van der Waals surface area contributed by atoms with Crippen molar-refractivity contribution in [2.24, 2.45) is 0 Å². The summed E-state index contributed by atoms with van der Waals surface area (Å²) in [6.45, 7) is 0. The summed E-state index contributed by atoms with van der Waals surface area (Å²) in [5, 5.41) is -0.249. The zero-order valence-electron chi connectivity index (χ0n) is 10.3. The maximum absolute atomic E-state index is 13.1. The van der Waals surface area contributed by atoms with Gasteiger partial charge < -0.3 is 0 Å². The topological polar surface area (TPSA) is 0 Å². The predicted molar refractivity (Wildman–Crippen MR) is 80.3 cm³/mol. The van der Waals surface area contributed by atoms with Gasteiger partial charge in [-0.15, -0.1) is 11.6 Å². The van der Waals surface area contributed by atoms with Crippen LogP contribution in [0.5, 0.6) is 0 Å². The Morgan fingerprint density at radius 3 is 2.63 bits per heavy atom. The molecular weight excluding hydrogens is 327 g/mol. The minimum Gasteiger partial charge on any atom is -0.207 e. The van der Waals surface area contributed by atoms with Crippen molar-refractivity contribution in [3.8, 4) is 0 Å². The second kappa shape index (κ2) is 5.26. The molecule has 1 atom stereocenters. The Morgan fingerprint density at radius 1 is 1.05 bits per heavy atom. The molecule has 19 heavy (non-hydrogen) atoms. The summed E-state index contributed by atoms with van der Waals surface area (Å²) in [5.41, 5.74) is 4.82. The first-order chi connectivity index (χ1) is 9.15. The minimum atomic E-state index is -0.256. The maximum atomic E-state index is 13.1. The molecule has 0 heterocycles. The van der Waals surface area contributed by atoms with Gasteiger partial charge in [-0.2, -0.15) is 0 Å². The third kappa shape index (κ3) is 2.56. The molecule has 0 N–H and O–H groups in total. The quantitative estimate of drug-likeness (QED) is 0.642. The van der Waals surface area contributed by atoms with Gasteiger partial charge in [-0.05, 0) is 53.6 Å². The second-order valence-electron chi connectivity index (χ2n) is 4.91. The van der Waals surface area contributed by atoms with Gasteiger partial charge in [-0.25, -0.2) is 4.39 Å². The van der Waals surface area contributed by atoms with Gasteiger partial charge >= 0.3 is 0 Å². The van der Waals surface area contributed by atoms with Crippen LogP contribution in [0, 0.1) is 5.82 Å². The van der Waals surface area contributed by atoms with Crippen LogP contribution < -0.4 is 0 Å². The molecule has 0 nitrogen and oxygen atoms in total. The average Bonchev–Trinajstić information content (AvgIpc) is 2.85. The van der Waals surface area contributed by atoms with Crippen molar-refractivity contribution in [2.75, 3.05) is 0 Å². The van der Waals surface area contributed by atoms with Crippen molar-refractivity contribution in [1.29, 1.82) is 0 Å². The lowest BCUT2D eigenvalue weighted by Crippen LogP contribution is -1.97. The molecule has 0 aromatic heterocycles. The van der Waals surface area contributed by atoms with E-state index < -0.39 is 0 Å². The van der Waals surface area contributed by atoms with Crippen molar-refractivity contribution in [2.45, 2.75) is 24.6 Å². The molecule has 3 heteroatoms. The molecule has 0 fully saturated rings. The monoisotopic (exact) mass is 338 g/mol. The second-order valence-corrected chi connectivity index (χ2v) is 6.20. The first kappa shape index (κ1) is 13.1. The van der Waals surface area contributed by atoms with Gasteiger partial charge in [0.1, 0.15) is 5.82 Å². The van der Waals surface area contributed by atoms with Crippen LogP contribution in [0.2, 0.25) is 0 Å². The van der Waals surface area contributed by atoms with Crippen LogP contribution in [0.4, 0.5) is 4.39 Å². The van der Waals surface area contributed by atoms with E-state index in [2.05, 4.69) is 34.1 Å². The van der Waals surface area contributed by atoms with E-state index in [1.807, 2.05) is 0 Å². The third-order valence-corrected chi connectivity index (χ3v) is 4.82. The fourth-order valence-electron chi connectivity index (χ4n) is 2.64. The van der Waals surface area contributed by atoms with E-state index >= 15 is 0 Å². The van der Waals surface area contributed by atoms with E-state index in [0.29, 0.717) is 4.47 Å². The van der Waals surface area contributed by atoms with Crippen LogP contribution in [0.1, 0.15) is 34.1 Å². The molecule has 0 saturated carbocycles. The summed E-state index contributed by atoms with van der Waals surface area (Å²) >= 11 is 9.92. The number of hydrogen-bond donors (Lipinski definition) is 0. The first-order valence-corrected chi connectivity index (χ1v) is 7.59. The molecule has 2 aromatic carbocycles. The van der Waals surface area contributed by atoms with Crippen LogP contribution >= 0.6 is 27.5 Å². The Hall–Kier alpha value is -0.860. The lowest BCUT2D eigenvalue weighted by atomic mass is 10.00. The summed E-state index contributed by atoms with van der Waals surface area (Å²) < 4.78 is 13.8. The molecule has 0 amide bonds. The molecule has 0 bridgehead atoms. The maximum Gasteiger partial charge on any atom is 0.124 e. The van der Waals surface area contributed by atoms with Crippen molar-refractivity contribution >= 4 is 27.5 Å². The fraction of sp³-hybridized carbons (Fsp3) is 0.250. The van der Waals surface area contributed by atoms with Crippen molar-refractivity contribution in [3.63, 3.8) is 0 Å². The molecule has 0 aliphatic heterocycles. The average molecular weight is 340 g/mol. The zero-order valence-corrected chi connectivity index (χ0v) is 12.6. The Kier molecular flexibility index (Phi) is 3.64. The van der Waals surface area contributed by atoms with Gasteiger partial charge in [-0.3, -0.25) is 0 Å². The Balaban J connectivity index is 1.97. The normalized spacial score (nSPS) is 15.3. The van der Waals surface area contributed by atoms with Gasteiger partial charge in [0.2, 0.25) is 0 Å². The highest BCUT2D eigenvalue weighted by Crippen LogP contribution is 2.36. The van der Waals surface area contributed by atoms with E-state index in [1.165, 1.54) is 36.1 Å². The van der Waals surface area contributed by atoms with Gasteiger partial charge in [-0.1, -0.05) is 40.2 Å². The fourth-order valence-corrected chi connectivity index (χ4v) is 3.67. The van der Waals surface area contributed by atoms with Gasteiger partial charge in [0.15, 0.2) is 0 Å². The summed E-state index contributed by atoms with van der Waals surface area (Å²) in [6, 6.07) is 11.1. The standard InChI is InChI=1S/C16H13BrClF/c17-15-9-13(19)6-7-14(15)16(18)12-5-4-10-2-1-3-11(10)8-12/h4-9,16H,1-3H2. The highest BCUT2D eigenvalue weighted by atomic mass is 79.9. The molecule has 1 aliphatic carbocycles. The van der Waals surface area contributed by atoms with E-state index in [0.717, 1.165) is 17.5 Å². The van der Waals surface area contributed by atoms with Gasteiger partial charge in [0, 0.05) is 4.47 Å². The molecule has 1 aliphatic rings. The largest absolute Gasteiger partial charge is 0.207 e. The molecule has 3 rings (SSSR count). The Bertz CT molecular complexity index is 624. The Morgan fingerprint density at radius 2 is 1.84 bits per heavy atom. The van der Waals surface area contributed by atoms with E-state index in [1.54, 1.807) is 6.07 Å². The molecule has 1 unspecified atom stereocenters. The summed E-state index contributed by atoms with van der Waals surface area (Å²) in [4.78, 5) is 0. The van der Waals surface area contributed by atoms with Crippen molar-refractivity contribution < 1.29 is 4.39 Å². The SMILES string of the molecule is Fc1ccc(C(Cl)c2ccc3c(c2)CCC3)c(Br)c1. The smallest absolute Gasteiger partial charge is 0.124 e. The molecule has 0 spiro atoms. The number of alkyl halides is 1. The molecule has 0 saturated heterocycles. The highest BCUT2D eigenvalue weighted by molar-refractivity contribution is 9.10. The number of benzene rings is 2. The number of rotatable bonds is 2. The van der Waals surface area contributed by atoms with Gasteiger partial charge in [0.25, 0.3) is 0 Å². The summed E-state index contributed by atoms with van der Waals surface area (Å²) in [5.74, 6) is -0.256. The number of hydrogen-bond acceptors (Lipinski definition) is 0. The zero-order chi connectivity index (χ0) is 13.4. The van der Waals surface area contributed by atoms with Crippen LogP contribution in [0.3, 0.4) is 0 Å². The highest BCUT2D eigenvalue weighted by Gasteiger charge is 2.17. The van der Waals surface area contributed by atoms with Crippen LogP contribution in [0.15, 0.2) is 40.9 Å². The van der Waals surface area contributed by atoms with Crippen LogP contribution in [-0.4, -0.2) is 0 Å². The number of halogens is 3. The summed E-state index contributed by atoms with van der Waals surface area (Å²) in [6.07, 6.45) is 3.53. The molecular formula is C16H13BrClF. The molecule has 2 aromatic rings. The van der Waals surface area contributed by atoms with Gasteiger partial charge in [0.05, 0.1) is 5.38 Å². The molecule has 98 valence electrons. The lowest BCUT2D eigenvalue weighted by molar-refractivity contribution is 0.626. The Labute approximate surface area is 125 Å². The third-order valence-electron chi connectivity index (χ3n) is 3.65. The predicted octanol–water partition coefficient (Wildman–Crippen LogP) is 5.41. The number of aryl methyl sites for hydroxylation is 2. The first-order valence-electron chi connectivity index (χ1n) is 6.36. The summed E-state index contributed by atoms with van der Waals surface area (Å²) in [7, 11) is 0. The van der Waals surface area contributed by atoms with Crippen LogP contribution in [-0.2, 0) is 12.8 Å². The lowest BCUT2D eigenvalue weighted by Gasteiger charge is -2.14. The minimum absolute atomic E-state index is 0.249. The van der Waals surface area contributed by atoms with E-state index in [-0.39, 0.29) is 11.2 Å².